The second-order valence-electron chi connectivity index (χ2n) is 5.78. The standard InChI is InChI=1S/C20H24N4O4/c1-3-26-12-13-27-14-15-28-19-8-4-16(5-9-19)20-21-23-24(22-20)17-6-10-18(25-2)11-7-17/h4-11H,3,12-15H2,1-2H3. The Kier molecular flexibility index (Phi) is 7.34. The van der Waals surface area contributed by atoms with Crippen LogP contribution in [-0.2, 0) is 9.47 Å². The molecule has 148 valence electrons. The lowest BCUT2D eigenvalue weighted by atomic mass is 10.2. The second kappa shape index (κ2) is 10.4. The van der Waals surface area contributed by atoms with E-state index in [1.807, 2.05) is 55.5 Å². The third kappa shape index (κ3) is 5.51. The Balaban J connectivity index is 1.51. The molecule has 1 aromatic heterocycles. The summed E-state index contributed by atoms with van der Waals surface area (Å²) in [5, 5.41) is 12.7. The fraction of sp³-hybridized carbons (Fsp3) is 0.350. The number of hydrogen-bond donors (Lipinski definition) is 0. The van der Waals surface area contributed by atoms with Gasteiger partial charge >= 0.3 is 0 Å². The molecule has 1 heterocycles. The van der Waals surface area contributed by atoms with Crippen LogP contribution in [0.3, 0.4) is 0 Å². The lowest BCUT2D eigenvalue weighted by molar-refractivity contribution is 0.0405. The van der Waals surface area contributed by atoms with Gasteiger partial charge in [0.2, 0.25) is 5.82 Å². The van der Waals surface area contributed by atoms with Crippen LogP contribution in [0.2, 0.25) is 0 Å². The van der Waals surface area contributed by atoms with Gasteiger partial charge in [-0.05, 0) is 60.7 Å². The Morgan fingerprint density at radius 2 is 1.50 bits per heavy atom. The number of ether oxygens (including phenoxy) is 4. The molecule has 0 aliphatic carbocycles. The maximum atomic E-state index is 5.66. The maximum Gasteiger partial charge on any atom is 0.205 e. The van der Waals surface area contributed by atoms with Crippen LogP contribution >= 0.6 is 0 Å². The summed E-state index contributed by atoms with van der Waals surface area (Å²) in [5.41, 5.74) is 1.67. The molecule has 0 fully saturated rings. The zero-order valence-electron chi connectivity index (χ0n) is 16.1. The van der Waals surface area contributed by atoms with Crippen LogP contribution in [0.5, 0.6) is 11.5 Å². The number of nitrogens with zero attached hydrogens (tertiary/aromatic N) is 4. The number of aromatic nitrogens is 4. The van der Waals surface area contributed by atoms with Crippen LogP contribution in [0.25, 0.3) is 17.1 Å². The predicted molar refractivity (Wildman–Crippen MR) is 104 cm³/mol. The normalized spacial score (nSPS) is 10.8. The molecule has 0 aliphatic rings. The molecule has 8 heteroatoms. The summed E-state index contributed by atoms with van der Waals surface area (Å²) < 4.78 is 21.4. The third-order valence-electron chi connectivity index (χ3n) is 3.90. The van der Waals surface area contributed by atoms with Gasteiger partial charge in [-0.25, -0.2) is 0 Å². The molecule has 0 spiro atoms. The first-order chi connectivity index (χ1) is 13.8. The highest BCUT2D eigenvalue weighted by Crippen LogP contribution is 2.20. The highest BCUT2D eigenvalue weighted by Gasteiger charge is 2.08. The van der Waals surface area contributed by atoms with Gasteiger partial charge in [-0.1, -0.05) is 0 Å². The molecule has 8 nitrogen and oxygen atoms in total. The molecule has 0 unspecified atom stereocenters. The van der Waals surface area contributed by atoms with Crippen molar-refractivity contribution in [1.29, 1.82) is 0 Å². The first kappa shape index (κ1) is 19.8. The van der Waals surface area contributed by atoms with Gasteiger partial charge < -0.3 is 18.9 Å². The van der Waals surface area contributed by atoms with Crippen molar-refractivity contribution in [3.05, 3.63) is 48.5 Å². The van der Waals surface area contributed by atoms with Gasteiger partial charge in [-0.15, -0.1) is 15.0 Å². The summed E-state index contributed by atoms with van der Waals surface area (Å²) in [6.45, 7) is 4.85. The zero-order valence-corrected chi connectivity index (χ0v) is 16.1. The minimum Gasteiger partial charge on any atom is -0.497 e. The summed E-state index contributed by atoms with van der Waals surface area (Å²) in [5.74, 6) is 2.08. The van der Waals surface area contributed by atoms with E-state index in [-0.39, 0.29) is 0 Å². The van der Waals surface area contributed by atoms with E-state index in [1.54, 1.807) is 7.11 Å². The number of tetrazole rings is 1. The quantitative estimate of drug-likeness (QED) is 0.470. The van der Waals surface area contributed by atoms with Crippen LogP contribution < -0.4 is 9.47 Å². The molecule has 3 aromatic rings. The van der Waals surface area contributed by atoms with Crippen molar-refractivity contribution in [2.75, 3.05) is 40.1 Å². The molecular weight excluding hydrogens is 360 g/mol. The fourth-order valence-corrected chi connectivity index (χ4v) is 2.44. The molecule has 0 bridgehead atoms. The molecule has 0 radical (unpaired) electrons. The number of methoxy groups -OCH3 is 1. The number of rotatable bonds is 11. The second-order valence-corrected chi connectivity index (χ2v) is 5.78. The first-order valence-electron chi connectivity index (χ1n) is 9.13. The predicted octanol–water partition coefficient (Wildman–Crippen LogP) is 2.77. The lowest BCUT2D eigenvalue weighted by Gasteiger charge is -2.07. The van der Waals surface area contributed by atoms with E-state index < -0.39 is 0 Å². The largest absolute Gasteiger partial charge is 0.497 e. The summed E-state index contributed by atoms with van der Waals surface area (Å²) in [7, 11) is 1.63. The third-order valence-corrected chi connectivity index (χ3v) is 3.90. The molecule has 0 N–H and O–H groups in total. The van der Waals surface area contributed by atoms with E-state index in [9.17, 15) is 0 Å². The van der Waals surface area contributed by atoms with Gasteiger partial charge in [0, 0.05) is 12.2 Å². The van der Waals surface area contributed by atoms with Gasteiger partial charge in [-0.2, -0.15) is 0 Å². The molecular formula is C20H24N4O4. The highest BCUT2D eigenvalue weighted by atomic mass is 16.5. The van der Waals surface area contributed by atoms with Crippen LogP contribution in [0.1, 0.15) is 6.92 Å². The molecule has 0 atom stereocenters. The average molecular weight is 384 g/mol. The van der Waals surface area contributed by atoms with Gasteiger partial charge in [0.25, 0.3) is 0 Å². The molecule has 0 amide bonds. The van der Waals surface area contributed by atoms with E-state index in [0.29, 0.717) is 38.9 Å². The summed E-state index contributed by atoms with van der Waals surface area (Å²) in [6.07, 6.45) is 0. The van der Waals surface area contributed by atoms with Crippen molar-refractivity contribution in [3.8, 4) is 28.6 Å². The number of benzene rings is 2. The van der Waals surface area contributed by atoms with Gasteiger partial charge in [0.15, 0.2) is 0 Å². The van der Waals surface area contributed by atoms with Gasteiger partial charge in [0.1, 0.15) is 18.1 Å². The van der Waals surface area contributed by atoms with Crippen LogP contribution in [0.15, 0.2) is 48.5 Å². The van der Waals surface area contributed by atoms with Gasteiger partial charge in [-0.3, -0.25) is 0 Å². The van der Waals surface area contributed by atoms with E-state index in [2.05, 4.69) is 15.4 Å². The SMILES string of the molecule is CCOCCOCCOc1ccc(-c2nnn(-c3ccc(OC)cc3)n2)cc1. The fourth-order valence-electron chi connectivity index (χ4n) is 2.44. The van der Waals surface area contributed by atoms with E-state index >= 15 is 0 Å². The van der Waals surface area contributed by atoms with Crippen LogP contribution in [0, 0.1) is 0 Å². The van der Waals surface area contributed by atoms with E-state index in [0.717, 1.165) is 22.7 Å². The van der Waals surface area contributed by atoms with Crippen molar-refractivity contribution in [2.45, 2.75) is 6.92 Å². The summed E-state index contributed by atoms with van der Waals surface area (Å²) in [4.78, 5) is 1.48. The van der Waals surface area contributed by atoms with E-state index in [4.69, 9.17) is 18.9 Å². The zero-order chi connectivity index (χ0) is 19.6. The van der Waals surface area contributed by atoms with E-state index in [1.165, 1.54) is 4.80 Å². The minimum atomic E-state index is 0.484. The minimum absolute atomic E-state index is 0.484. The van der Waals surface area contributed by atoms with Crippen LogP contribution in [0.4, 0.5) is 0 Å². The highest BCUT2D eigenvalue weighted by molar-refractivity contribution is 5.55. The lowest BCUT2D eigenvalue weighted by Crippen LogP contribution is -2.10. The number of hydrogen-bond acceptors (Lipinski definition) is 7. The molecule has 0 saturated heterocycles. The summed E-state index contributed by atoms with van der Waals surface area (Å²) >= 11 is 0. The van der Waals surface area contributed by atoms with Crippen molar-refractivity contribution in [3.63, 3.8) is 0 Å². The first-order valence-corrected chi connectivity index (χ1v) is 9.13. The Bertz CT molecular complexity index is 834. The molecule has 2 aromatic carbocycles. The average Bonchev–Trinajstić information content (AvgIpc) is 3.24. The molecule has 0 saturated carbocycles. The monoisotopic (exact) mass is 384 g/mol. The van der Waals surface area contributed by atoms with Crippen molar-refractivity contribution >= 4 is 0 Å². The van der Waals surface area contributed by atoms with Crippen molar-refractivity contribution < 1.29 is 18.9 Å². The van der Waals surface area contributed by atoms with Gasteiger partial charge in [0.05, 0.1) is 32.6 Å². The maximum absolute atomic E-state index is 5.66. The van der Waals surface area contributed by atoms with Crippen LogP contribution in [-0.4, -0.2) is 60.4 Å². The Morgan fingerprint density at radius 1 is 0.821 bits per heavy atom. The summed E-state index contributed by atoms with van der Waals surface area (Å²) in [6, 6.07) is 15.0. The Labute approximate surface area is 164 Å². The van der Waals surface area contributed by atoms with Crippen molar-refractivity contribution in [2.24, 2.45) is 0 Å². The van der Waals surface area contributed by atoms with Crippen molar-refractivity contribution in [1.82, 2.24) is 20.2 Å². The Hall–Kier alpha value is -2.97. The Morgan fingerprint density at radius 3 is 2.21 bits per heavy atom. The molecule has 3 rings (SSSR count). The smallest absolute Gasteiger partial charge is 0.205 e. The molecule has 0 aliphatic heterocycles. The topological polar surface area (TPSA) is 80.5 Å². The molecule has 28 heavy (non-hydrogen) atoms.